The molecule has 156 valence electrons. The van der Waals surface area contributed by atoms with Gasteiger partial charge >= 0.3 is 0 Å². The standard InChI is InChI=1S/C25H25N5O/c1-2-25(31)28-21-11-12-22(14-21)30-24(16-27-29-30)18-9-7-17(8-10-18)20-13-19-5-3-4-6-23(19)26-15-20/h3-10,13,15-16,21-22H,2,11-12,14H2,1H3,(H,28,31)/t21-,22?/m0/s1. The quantitative estimate of drug-likeness (QED) is 0.513. The summed E-state index contributed by atoms with van der Waals surface area (Å²) in [5.74, 6) is 0.114. The summed E-state index contributed by atoms with van der Waals surface area (Å²) in [4.78, 5) is 16.3. The number of carbonyl (C=O) groups is 1. The van der Waals surface area contributed by atoms with Crippen molar-refractivity contribution in [1.82, 2.24) is 25.3 Å². The van der Waals surface area contributed by atoms with Gasteiger partial charge < -0.3 is 5.32 Å². The van der Waals surface area contributed by atoms with Gasteiger partial charge in [-0.15, -0.1) is 5.10 Å². The van der Waals surface area contributed by atoms with Crippen molar-refractivity contribution in [2.24, 2.45) is 0 Å². The molecular formula is C25H25N5O. The fraction of sp³-hybridized carbons (Fsp3) is 0.280. The molecule has 1 N–H and O–H groups in total. The molecule has 0 bridgehead atoms. The molecule has 1 aliphatic carbocycles. The fourth-order valence-corrected chi connectivity index (χ4v) is 4.42. The third-order valence-electron chi connectivity index (χ3n) is 6.12. The topological polar surface area (TPSA) is 72.7 Å². The Morgan fingerprint density at radius 3 is 2.68 bits per heavy atom. The molecule has 31 heavy (non-hydrogen) atoms. The Morgan fingerprint density at radius 1 is 1.03 bits per heavy atom. The molecule has 1 aliphatic rings. The van der Waals surface area contributed by atoms with Crippen molar-refractivity contribution in [2.75, 3.05) is 0 Å². The molecule has 2 aromatic heterocycles. The second-order valence-corrected chi connectivity index (χ2v) is 8.14. The highest BCUT2D eigenvalue weighted by Gasteiger charge is 2.29. The van der Waals surface area contributed by atoms with E-state index in [9.17, 15) is 4.79 Å². The van der Waals surface area contributed by atoms with Crippen LogP contribution in [0.3, 0.4) is 0 Å². The first kappa shape index (κ1) is 19.4. The lowest BCUT2D eigenvalue weighted by Gasteiger charge is -2.15. The average Bonchev–Trinajstić information content (AvgIpc) is 3.48. The van der Waals surface area contributed by atoms with Gasteiger partial charge in [0, 0.05) is 35.2 Å². The van der Waals surface area contributed by atoms with Gasteiger partial charge in [-0.05, 0) is 37.0 Å². The van der Waals surface area contributed by atoms with Crippen LogP contribution in [0.25, 0.3) is 33.3 Å². The summed E-state index contributed by atoms with van der Waals surface area (Å²) in [6.45, 7) is 1.88. The summed E-state index contributed by atoms with van der Waals surface area (Å²) in [7, 11) is 0. The van der Waals surface area contributed by atoms with Crippen LogP contribution in [0.5, 0.6) is 0 Å². The number of hydrogen-bond acceptors (Lipinski definition) is 4. The summed E-state index contributed by atoms with van der Waals surface area (Å²) < 4.78 is 2.02. The third kappa shape index (κ3) is 3.93. The van der Waals surface area contributed by atoms with Gasteiger partial charge in [0.25, 0.3) is 0 Å². The number of hydrogen-bond donors (Lipinski definition) is 1. The van der Waals surface area contributed by atoms with E-state index in [0.29, 0.717) is 6.42 Å². The predicted octanol–water partition coefficient (Wildman–Crippen LogP) is 4.78. The van der Waals surface area contributed by atoms with Gasteiger partial charge in [-0.3, -0.25) is 9.78 Å². The summed E-state index contributed by atoms with van der Waals surface area (Å²) in [5, 5.41) is 12.8. The number of nitrogens with zero attached hydrogens (tertiary/aromatic N) is 4. The van der Waals surface area contributed by atoms with E-state index in [4.69, 9.17) is 0 Å². The number of pyridine rings is 1. The van der Waals surface area contributed by atoms with Crippen molar-refractivity contribution in [3.8, 4) is 22.4 Å². The van der Waals surface area contributed by atoms with Crippen LogP contribution in [0.2, 0.25) is 0 Å². The van der Waals surface area contributed by atoms with E-state index in [0.717, 1.165) is 52.5 Å². The smallest absolute Gasteiger partial charge is 0.219 e. The normalized spacial score (nSPS) is 18.4. The van der Waals surface area contributed by atoms with Gasteiger partial charge in [0.2, 0.25) is 5.91 Å². The maximum atomic E-state index is 11.7. The van der Waals surface area contributed by atoms with Crippen LogP contribution in [0.4, 0.5) is 0 Å². The lowest BCUT2D eigenvalue weighted by molar-refractivity contribution is -0.121. The molecular weight excluding hydrogens is 386 g/mol. The maximum Gasteiger partial charge on any atom is 0.219 e. The fourth-order valence-electron chi connectivity index (χ4n) is 4.42. The SMILES string of the molecule is CCC(=O)N[C@H]1CCC(n2nncc2-c2ccc(-c3cnc4ccccc4c3)cc2)C1. The van der Waals surface area contributed by atoms with E-state index >= 15 is 0 Å². The van der Waals surface area contributed by atoms with E-state index in [1.54, 1.807) is 0 Å². The lowest BCUT2D eigenvalue weighted by Crippen LogP contribution is -2.32. The molecule has 1 fully saturated rings. The maximum absolute atomic E-state index is 11.7. The molecule has 0 radical (unpaired) electrons. The van der Waals surface area contributed by atoms with Crippen molar-refractivity contribution in [1.29, 1.82) is 0 Å². The van der Waals surface area contributed by atoms with Gasteiger partial charge in [-0.1, -0.05) is 54.6 Å². The van der Waals surface area contributed by atoms with E-state index in [1.807, 2.05) is 42.2 Å². The Labute approximate surface area is 181 Å². The third-order valence-corrected chi connectivity index (χ3v) is 6.12. The van der Waals surface area contributed by atoms with Gasteiger partial charge in [0.1, 0.15) is 0 Å². The molecule has 4 aromatic rings. The Bertz CT molecular complexity index is 1210. The second kappa shape index (κ2) is 8.30. The number of aromatic nitrogens is 4. The Kier molecular flexibility index (Phi) is 5.20. The lowest BCUT2D eigenvalue weighted by atomic mass is 10.0. The molecule has 2 atom stereocenters. The highest BCUT2D eigenvalue weighted by atomic mass is 16.1. The van der Waals surface area contributed by atoms with E-state index < -0.39 is 0 Å². The Hall–Kier alpha value is -3.54. The molecule has 5 rings (SSSR count). The molecule has 0 spiro atoms. The average molecular weight is 412 g/mol. The summed E-state index contributed by atoms with van der Waals surface area (Å²) in [6.07, 6.45) is 7.13. The number of para-hydroxylation sites is 1. The highest BCUT2D eigenvalue weighted by Crippen LogP contribution is 2.33. The number of rotatable bonds is 5. The van der Waals surface area contributed by atoms with Crippen molar-refractivity contribution < 1.29 is 4.79 Å². The minimum atomic E-state index is 0.114. The minimum absolute atomic E-state index is 0.114. The van der Waals surface area contributed by atoms with E-state index in [1.165, 1.54) is 0 Å². The van der Waals surface area contributed by atoms with Gasteiger partial charge in [0.15, 0.2) is 0 Å². The largest absolute Gasteiger partial charge is 0.353 e. The predicted molar refractivity (Wildman–Crippen MR) is 121 cm³/mol. The molecule has 6 nitrogen and oxygen atoms in total. The number of carbonyl (C=O) groups excluding carboxylic acids is 1. The zero-order valence-corrected chi connectivity index (χ0v) is 17.5. The minimum Gasteiger partial charge on any atom is -0.353 e. The van der Waals surface area contributed by atoms with Crippen LogP contribution in [-0.4, -0.2) is 31.9 Å². The van der Waals surface area contributed by atoms with Crippen molar-refractivity contribution in [2.45, 2.75) is 44.7 Å². The Morgan fingerprint density at radius 2 is 1.84 bits per heavy atom. The summed E-state index contributed by atoms with van der Waals surface area (Å²) in [5.41, 5.74) is 5.33. The zero-order chi connectivity index (χ0) is 21.2. The zero-order valence-electron chi connectivity index (χ0n) is 17.5. The molecule has 0 saturated heterocycles. The van der Waals surface area contributed by atoms with Crippen molar-refractivity contribution in [3.63, 3.8) is 0 Å². The van der Waals surface area contributed by atoms with Crippen LogP contribution < -0.4 is 5.32 Å². The van der Waals surface area contributed by atoms with E-state index in [2.05, 4.69) is 57.0 Å². The molecule has 0 aliphatic heterocycles. The number of nitrogens with one attached hydrogen (secondary N) is 1. The number of fused-ring (bicyclic) bond motifs is 1. The van der Waals surface area contributed by atoms with Crippen LogP contribution in [0.1, 0.15) is 38.6 Å². The molecule has 1 unspecified atom stereocenters. The highest BCUT2D eigenvalue weighted by molar-refractivity contribution is 5.83. The van der Waals surface area contributed by atoms with Crippen LogP contribution >= 0.6 is 0 Å². The summed E-state index contributed by atoms with van der Waals surface area (Å²) >= 11 is 0. The molecule has 1 amide bonds. The number of amides is 1. The Balaban J connectivity index is 1.36. The monoisotopic (exact) mass is 411 g/mol. The van der Waals surface area contributed by atoms with E-state index in [-0.39, 0.29) is 18.0 Å². The van der Waals surface area contributed by atoms with Crippen LogP contribution in [0.15, 0.2) is 67.0 Å². The van der Waals surface area contributed by atoms with Crippen molar-refractivity contribution in [3.05, 3.63) is 67.0 Å². The van der Waals surface area contributed by atoms with Gasteiger partial charge in [-0.25, -0.2) is 4.68 Å². The van der Waals surface area contributed by atoms with Crippen molar-refractivity contribution >= 4 is 16.8 Å². The molecule has 1 saturated carbocycles. The first-order chi connectivity index (χ1) is 15.2. The van der Waals surface area contributed by atoms with Crippen LogP contribution in [-0.2, 0) is 4.79 Å². The first-order valence-electron chi connectivity index (χ1n) is 10.9. The summed E-state index contributed by atoms with van der Waals surface area (Å²) in [6, 6.07) is 19.3. The second-order valence-electron chi connectivity index (χ2n) is 8.14. The molecule has 2 heterocycles. The van der Waals surface area contributed by atoms with Gasteiger partial charge in [-0.2, -0.15) is 0 Å². The molecule has 6 heteroatoms. The first-order valence-corrected chi connectivity index (χ1v) is 10.9. The van der Waals surface area contributed by atoms with Crippen LogP contribution in [0, 0.1) is 0 Å². The van der Waals surface area contributed by atoms with Gasteiger partial charge in [0.05, 0.1) is 23.4 Å². The molecule has 2 aromatic carbocycles. The number of benzene rings is 2.